The summed E-state index contributed by atoms with van der Waals surface area (Å²) in [6.07, 6.45) is 24.9. The van der Waals surface area contributed by atoms with E-state index in [1.807, 2.05) is 0 Å². The van der Waals surface area contributed by atoms with Gasteiger partial charge in [-0.3, -0.25) is 0 Å². The van der Waals surface area contributed by atoms with Gasteiger partial charge in [0, 0.05) is 73.7 Å². The Labute approximate surface area is 661 Å². The second kappa shape index (κ2) is 35.3. The van der Waals surface area contributed by atoms with Crippen LogP contribution in [0.4, 0.5) is 68.2 Å². The first-order valence-corrected chi connectivity index (χ1v) is 41.4. The zero-order valence-corrected chi connectivity index (χ0v) is 64.9. The van der Waals surface area contributed by atoms with Crippen LogP contribution in [0.25, 0.3) is 44.5 Å². The van der Waals surface area contributed by atoms with Gasteiger partial charge in [-0.15, -0.1) is 0 Å². The summed E-state index contributed by atoms with van der Waals surface area (Å²) in [5.41, 5.74) is 32.5. The summed E-state index contributed by atoms with van der Waals surface area (Å²) >= 11 is 0. The fourth-order valence-corrected chi connectivity index (χ4v) is 17.5. The van der Waals surface area contributed by atoms with E-state index in [9.17, 15) is 0 Å². The van der Waals surface area contributed by atoms with Crippen LogP contribution in [0.15, 0.2) is 352 Å². The van der Waals surface area contributed by atoms with Crippen molar-refractivity contribution < 1.29 is 0 Å². The van der Waals surface area contributed by atoms with E-state index in [1.165, 1.54) is 182 Å². The van der Waals surface area contributed by atoms with Crippen molar-refractivity contribution in [3.8, 4) is 44.5 Å². The fraction of sp³-hybridized carbons (Fsp3) is 0.215. The molecule has 2 aliphatic rings. The molecule has 14 aromatic carbocycles. The second-order valence-corrected chi connectivity index (χ2v) is 30.8. The zero-order valence-electron chi connectivity index (χ0n) is 64.9. The maximum atomic E-state index is 2.59. The summed E-state index contributed by atoms with van der Waals surface area (Å²) < 4.78 is 0. The molecule has 0 radical (unpaired) electrons. The number of nitrogens with zero attached hydrogens (tertiary/aromatic N) is 4. The summed E-state index contributed by atoms with van der Waals surface area (Å²) in [7, 11) is 0. The number of hydrogen-bond acceptors (Lipinski definition) is 4. The number of unbranched alkanes of at least 4 members (excludes halogenated alkanes) is 11. The minimum absolute atomic E-state index is 0.0465. The highest BCUT2D eigenvalue weighted by atomic mass is 15.2. The van der Waals surface area contributed by atoms with E-state index in [2.05, 4.69) is 385 Å². The van der Waals surface area contributed by atoms with Crippen molar-refractivity contribution >= 4 is 68.2 Å². The van der Waals surface area contributed by atoms with Crippen molar-refractivity contribution in [2.75, 3.05) is 19.6 Å². The first kappa shape index (κ1) is 73.4. The first-order chi connectivity index (χ1) is 54.9. The molecule has 2 aliphatic carbocycles. The van der Waals surface area contributed by atoms with Gasteiger partial charge in [0.05, 0.1) is 0 Å². The third-order valence-electron chi connectivity index (χ3n) is 23.5. The highest BCUT2D eigenvalue weighted by molar-refractivity contribution is 5.88. The number of anilines is 12. The van der Waals surface area contributed by atoms with Gasteiger partial charge in [-0.05, 0) is 275 Å². The second-order valence-electron chi connectivity index (χ2n) is 30.8. The topological polar surface area (TPSA) is 13.0 Å². The van der Waals surface area contributed by atoms with E-state index in [-0.39, 0.29) is 5.41 Å². The molecule has 0 fully saturated rings. The average Bonchev–Trinajstić information content (AvgIpc) is 1.56. The van der Waals surface area contributed by atoms with Gasteiger partial charge in [0.15, 0.2) is 0 Å². The lowest BCUT2D eigenvalue weighted by molar-refractivity contribution is 0.401. The van der Waals surface area contributed by atoms with Crippen molar-refractivity contribution in [2.24, 2.45) is 0 Å². The molecule has 0 N–H and O–H groups in total. The zero-order chi connectivity index (χ0) is 75.0. The maximum absolute atomic E-state index is 2.59. The number of fused-ring (bicyclic) bond motifs is 4. The molecule has 14 aromatic rings. The molecular formula is C107H104N4. The number of benzene rings is 14. The van der Waals surface area contributed by atoms with Crippen LogP contribution in [0, 0.1) is 0 Å². The van der Waals surface area contributed by atoms with Crippen LogP contribution in [-0.2, 0) is 31.1 Å². The molecule has 16 rings (SSSR count). The van der Waals surface area contributed by atoms with Crippen LogP contribution in [0.5, 0.6) is 0 Å². The Morgan fingerprint density at radius 1 is 0.216 bits per heavy atom. The van der Waals surface area contributed by atoms with Crippen molar-refractivity contribution in [2.45, 2.75) is 148 Å². The van der Waals surface area contributed by atoms with Gasteiger partial charge in [0.2, 0.25) is 0 Å². The fourth-order valence-electron chi connectivity index (χ4n) is 17.5. The minimum atomic E-state index is -0.0465. The molecule has 0 amide bonds. The van der Waals surface area contributed by atoms with E-state index in [0.717, 1.165) is 81.7 Å². The molecule has 552 valence electrons. The smallest absolute Gasteiger partial charge is 0.0465 e. The van der Waals surface area contributed by atoms with Crippen LogP contribution < -0.4 is 19.6 Å². The Balaban J connectivity index is 0.646. The van der Waals surface area contributed by atoms with Crippen LogP contribution in [0.1, 0.15) is 150 Å². The summed E-state index contributed by atoms with van der Waals surface area (Å²) in [6, 6.07) is 131. The molecule has 0 unspecified atom stereocenters. The Kier molecular flexibility index (Phi) is 23.4. The van der Waals surface area contributed by atoms with Crippen molar-refractivity contribution in [3.05, 3.63) is 385 Å². The Hall–Kier alpha value is -11.7. The van der Waals surface area contributed by atoms with E-state index < -0.39 is 0 Å². The lowest BCUT2D eigenvalue weighted by Gasteiger charge is -2.34. The standard InChI is InChI=1S/C107H104N4/c1-3-5-7-29-76-107(77-30-8-6-4-2)105-45-28-27-44-103(105)104-75-74-102(80-106(104)107)111(99-70-58-87(59-71-99)83-50-62-95(63-51-83)108(91-35-19-13-20-36-91)92-37-21-14-22-38-92)100-72-60-88(61-73-100)85-54-66-97(67-55-85)109(93-39-23-15-24-40-93)96-64-52-84(53-65-96)86-56-68-98(69-57-86)110(94-41-25-16-26-42-94)101-43-31-34-81(79-101)32-17-11-9-10-12-18-33-82-46-47-89-48-49-90(89)78-82/h13-16,19-28,31,34-47,50-75,78-80H,3-12,17-18,29-30,32-33,48-49,76-77H2,1-2H3. The third-order valence-corrected chi connectivity index (χ3v) is 23.5. The molecule has 0 atom stereocenters. The molecule has 111 heavy (non-hydrogen) atoms. The molecule has 4 nitrogen and oxygen atoms in total. The van der Waals surface area contributed by atoms with E-state index in [0.29, 0.717) is 0 Å². The molecule has 0 aromatic heterocycles. The van der Waals surface area contributed by atoms with Gasteiger partial charge in [0.25, 0.3) is 0 Å². The monoisotopic (exact) mass is 1440 g/mol. The molecule has 0 heterocycles. The van der Waals surface area contributed by atoms with Crippen LogP contribution in [-0.4, -0.2) is 0 Å². The first-order valence-electron chi connectivity index (χ1n) is 41.4. The van der Waals surface area contributed by atoms with Gasteiger partial charge in [-0.2, -0.15) is 0 Å². The number of para-hydroxylation sites is 4. The molecule has 0 spiro atoms. The van der Waals surface area contributed by atoms with Gasteiger partial charge in [0.1, 0.15) is 0 Å². The average molecular weight is 1450 g/mol. The highest BCUT2D eigenvalue weighted by Gasteiger charge is 2.42. The quantitative estimate of drug-likeness (QED) is 0.0373. The highest BCUT2D eigenvalue weighted by Crippen LogP contribution is 2.56. The van der Waals surface area contributed by atoms with E-state index >= 15 is 0 Å². The van der Waals surface area contributed by atoms with E-state index in [1.54, 1.807) is 11.1 Å². The van der Waals surface area contributed by atoms with E-state index in [4.69, 9.17) is 0 Å². The molecule has 0 bridgehead atoms. The Morgan fingerprint density at radius 3 is 0.901 bits per heavy atom. The summed E-state index contributed by atoms with van der Waals surface area (Å²) in [5, 5.41) is 0. The predicted octanol–water partition coefficient (Wildman–Crippen LogP) is 31.0. The van der Waals surface area contributed by atoms with Gasteiger partial charge >= 0.3 is 0 Å². The summed E-state index contributed by atoms with van der Waals surface area (Å²) in [6.45, 7) is 4.66. The predicted molar refractivity (Wildman–Crippen MR) is 474 cm³/mol. The summed E-state index contributed by atoms with van der Waals surface area (Å²) in [5.74, 6) is 0. The molecular weight excluding hydrogens is 1340 g/mol. The van der Waals surface area contributed by atoms with Crippen LogP contribution >= 0.6 is 0 Å². The van der Waals surface area contributed by atoms with Crippen molar-refractivity contribution in [1.82, 2.24) is 0 Å². The van der Waals surface area contributed by atoms with Gasteiger partial charge < -0.3 is 19.6 Å². The van der Waals surface area contributed by atoms with Crippen molar-refractivity contribution in [3.63, 3.8) is 0 Å². The number of hydrogen-bond donors (Lipinski definition) is 0. The number of rotatable bonds is 34. The molecule has 0 saturated carbocycles. The lowest BCUT2D eigenvalue weighted by atomic mass is 9.70. The van der Waals surface area contributed by atoms with Crippen LogP contribution in [0.3, 0.4) is 0 Å². The molecule has 4 heteroatoms. The minimum Gasteiger partial charge on any atom is -0.311 e. The van der Waals surface area contributed by atoms with Gasteiger partial charge in [-0.1, -0.05) is 297 Å². The maximum Gasteiger partial charge on any atom is 0.0465 e. The number of aryl methyl sites for hydroxylation is 4. The summed E-state index contributed by atoms with van der Waals surface area (Å²) in [4.78, 5) is 9.59. The molecule has 0 aliphatic heterocycles. The lowest BCUT2D eigenvalue weighted by Crippen LogP contribution is -2.26. The third kappa shape index (κ3) is 16.7. The Bertz CT molecular complexity index is 5240. The van der Waals surface area contributed by atoms with Crippen molar-refractivity contribution in [1.29, 1.82) is 0 Å². The normalized spacial score (nSPS) is 12.3. The SMILES string of the molecule is CCCCCCC1(CCCCCC)c2ccccc2-c2ccc(N(c3ccc(-c4ccc(N(c5ccccc5)c5ccccc5)cc4)cc3)c3ccc(-c4ccc(N(c5ccccc5)c5ccc(-c6ccc(N(c7ccccc7)c7cccc(CCCCCCCCc8ccc9c(c8)CC9)c7)cc6)cc5)cc4)cc3)cc21. The molecule has 0 saturated heterocycles. The Morgan fingerprint density at radius 2 is 0.523 bits per heavy atom. The largest absolute Gasteiger partial charge is 0.311 e. The van der Waals surface area contributed by atoms with Crippen LogP contribution in [0.2, 0.25) is 0 Å². The van der Waals surface area contributed by atoms with Gasteiger partial charge in [-0.25, -0.2) is 0 Å².